The average Bonchev–Trinajstić information content (AvgIpc) is 2.03. The van der Waals surface area contributed by atoms with Crippen LogP contribution in [-0.2, 0) is 0 Å². The summed E-state index contributed by atoms with van der Waals surface area (Å²) >= 11 is 5.84. The lowest BCUT2D eigenvalue weighted by Crippen LogP contribution is -1.89. The number of rotatable bonds is 1. The normalized spacial score (nSPS) is 9.17. The first-order valence-corrected chi connectivity index (χ1v) is 3.81. The van der Waals surface area contributed by atoms with Gasteiger partial charge in [-0.15, -0.1) is 0 Å². The lowest BCUT2D eigenvalue weighted by molar-refractivity contribution is 0.413. The van der Waals surface area contributed by atoms with Crippen molar-refractivity contribution in [3.8, 4) is 11.8 Å². The van der Waals surface area contributed by atoms with Crippen LogP contribution in [0.1, 0.15) is 11.1 Å². The third-order valence-corrected chi connectivity index (χ3v) is 1.79. The molecule has 1 rings (SSSR count). The fourth-order valence-electron chi connectivity index (χ4n) is 1.02. The number of nitrogens with zero attached hydrogens (tertiary/aromatic N) is 1. The number of hydrogen-bond acceptors (Lipinski definition) is 2. The zero-order valence-corrected chi connectivity index (χ0v) is 7.64. The number of ether oxygens (including phenoxy) is 1. The molecule has 0 aromatic heterocycles. The largest absolute Gasteiger partial charge is 0.494 e. The number of benzene rings is 1. The molecule has 0 aliphatic rings. The molecule has 0 saturated heterocycles. The second-order valence-electron chi connectivity index (χ2n) is 2.44. The van der Waals surface area contributed by atoms with Gasteiger partial charge in [0.2, 0.25) is 0 Å². The molecular weight excluding hydrogens is 174 g/mol. The molecule has 0 bridgehead atoms. The van der Waals surface area contributed by atoms with Gasteiger partial charge in [0.1, 0.15) is 6.07 Å². The minimum absolute atomic E-state index is 0.449. The van der Waals surface area contributed by atoms with Crippen LogP contribution in [0.3, 0.4) is 0 Å². The van der Waals surface area contributed by atoms with Crippen LogP contribution >= 0.6 is 11.6 Å². The van der Waals surface area contributed by atoms with Crippen molar-refractivity contribution in [2.24, 2.45) is 0 Å². The molecule has 0 unspecified atom stereocenters. The Hall–Kier alpha value is -1.20. The van der Waals surface area contributed by atoms with Gasteiger partial charge in [0, 0.05) is 0 Å². The summed E-state index contributed by atoms with van der Waals surface area (Å²) in [6, 6.07) is 5.52. The minimum atomic E-state index is 0.449. The summed E-state index contributed by atoms with van der Waals surface area (Å²) < 4.78 is 4.97. The standard InChI is InChI=1S/C9H8ClNO/c1-6-3-7(5-11)9(12-2)8(10)4-6/h3-4H,1-2H3. The first kappa shape index (κ1) is 8.89. The van der Waals surface area contributed by atoms with Gasteiger partial charge in [-0.2, -0.15) is 5.26 Å². The van der Waals surface area contributed by atoms with Gasteiger partial charge in [-0.05, 0) is 24.6 Å². The molecule has 0 aliphatic heterocycles. The first-order valence-electron chi connectivity index (χ1n) is 3.43. The Morgan fingerprint density at radius 1 is 1.50 bits per heavy atom. The van der Waals surface area contributed by atoms with Crippen LogP contribution in [0.2, 0.25) is 5.02 Å². The zero-order valence-electron chi connectivity index (χ0n) is 6.89. The van der Waals surface area contributed by atoms with E-state index in [1.54, 1.807) is 12.1 Å². The van der Waals surface area contributed by atoms with Crippen molar-refractivity contribution in [1.82, 2.24) is 0 Å². The highest BCUT2D eigenvalue weighted by atomic mass is 35.5. The van der Waals surface area contributed by atoms with E-state index in [1.807, 2.05) is 13.0 Å². The quantitative estimate of drug-likeness (QED) is 0.667. The summed E-state index contributed by atoms with van der Waals surface area (Å²) in [5.41, 5.74) is 1.43. The van der Waals surface area contributed by atoms with Crippen LogP contribution in [0, 0.1) is 18.3 Å². The third kappa shape index (κ3) is 1.51. The average molecular weight is 182 g/mol. The highest BCUT2D eigenvalue weighted by molar-refractivity contribution is 6.32. The molecule has 1 aromatic carbocycles. The molecule has 0 radical (unpaired) electrons. The maximum Gasteiger partial charge on any atom is 0.155 e. The third-order valence-electron chi connectivity index (χ3n) is 1.51. The van der Waals surface area contributed by atoms with Gasteiger partial charge in [-0.3, -0.25) is 0 Å². The van der Waals surface area contributed by atoms with Crippen LogP contribution in [0.25, 0.3) is 0 Å². The van der Waals surface area contributed by atoms with E-state index in [-0.39, 0.29) is 0 Å². The number of halogens is 1. The molecule has 0 amide bonds. The SMILES string of the molecule is COc1c(Cl)cc(C)cc1C#N. The number of nitriles is 1. The summed E-state index contributed by atoms with van der Waals surface area (Å²) in [6.07, 6.45) is 0. The molecule has 1 aromatic rings. The van der Waals surface area contributed by atoms with E-state index < -0.39 is 0 Å². The van der Waals surface area contributed by atoms with Crippen molar-refractivity contribution >= 4 is 11.6 Å². The summed E-state index contributed by atoms with van der Waals surface area (Å²) in [5, 5.41) is 9.19. The Labute approximate surface area is 76.3 Å². The van der Waals surface area contributed by atoms with E-state index in [2.05, 4.69) is 0 Å². The van der Waals surface area contributed by atoms with E-state index in [1.165, 1.54) is 7.11 Å². The van der Waals surface area contributed by atoms with Gasteiger partial charge in [-0.1, -0.05) is 11.6 Å². The van der Waals surface area contributed by atoms with Crippen LogP contribution in [-0.4, -0.2) is 7.11 Å². The van der Waals surface area contributed by atoms with Crippen LogP contribution in [0.15, 0.2) is 12.1 Å². The zero-order chi connectivity index (χ0) is 9.14. The van der Waals surface area contributed by atoms with Crippen molar-refractivity contribution in [1.29, 1.82) is 5.26 Å². The highest BCUT2D eigenvalue weighted by Crippen LogP contribution is 2.29. The van der Waals surface area contributed by atoms with Crippen LogP contribution < -0.4 is 4.74 Å². The van der Waals surface area contributed by atoms with Gasteiger partial charge in [0.05, 0.1) is 17.7 Å². The molecule has 0 saturated carbocycles. The molecule has 0 fully saturated rings. The number of hydrogen-bond donors (Lipinski definition) is 0. The van der Waals surface area contributed by atoms with Crippen molar-refractivity contribution in [2.75, 3.05) is 7.11 Å². The van der Waals surface area contributed by atoms with E-state index in [9.17, 15) is 0 Å². The monoisotopic (exact) mass is 181 g/mol. The lowest BCUT2D eigenvalue weighted by atomic mass is 10.1. The van der Waals surface area contributed by atoms with Gasteiger partial charge in [0.25, 0.3) is 0 Å². The fourth-order valence-corrected chi connectivity index (χ4v) is 1.37. The van der Waals surface area contributed by atoms with Crippen LogP contribution in [0.5, 0.6) is 5.75 Å². The van der Waals surface area contributed by atoms with E-state index >= 15 is 0 Å². The summed E-state index contributed by atoms with van der Waals surface area (Å²) in [6.45, 7) is 1.88. The summed E-state index contributed by atoms with van der Waals surface area (Å²) in [5.74, 6) is 0.449. The second kappa shape index (κ2) is 3.46. The molecular formula is C9H8ClNO. The van der Waals surface area contributed by atoms with E-state index in [4.69, 9.17) is 21.6 Å². The fraction of sp³-hybridized carbons (Fsp3) is 0.222. The molecule has 2 nitrogen and oxygen atoms in total. The summed E-state index contributed by atoms with van der Waals surface area (Å²) in [7, 11) is 1.50. The Balaban J connectivity index is 3.36. The predicted molar refractivity (Wildman–Crippen MR) is 47.5 cm³/mol. The Kier molecular flexibility index (Phi) is 2.57. The van der Waals surface area contributed by atoms with Crippen molar-refractivity contribution in [3.05, 3.63) is 28.3 Å². The minimum Gasteiger partial charge on any atom is -0.494 e. The molecule has 0 aliphatic carbocycles. The molecule has 0 atom stereocenters. The van der Waals surface area contributed by atoms with Gasteiger partial charge in [-0.25, -0.2) is 0 Å². The van der Waals surface area contributed by atoms with Crippen molar-refractivity contribution in [3.63, 3.8) is 0 Å². The van der Waals surface area contributed by atoms with E-state index in [0.29, 0.717) is 16.3 Å². The topological polar surface area (TPSA) is 33.0 Å². The second-order valence-corrected chi connectivity index (χ2v) is 2.85. The van der Waals surface area contributed by atoms with E-state index in [0.717, 1.165) is 5.56 Å². The maximum absolute atomic E-state index is 8.71. The van der Waals surface area contributed by atoms with Gasteiger partial charge >= 0.3 is 0 Å². The van der Waals surface area contributed by atoms with Crippen molar-refractivity contribution in [2.45, 2.75) is 6.92 Å². The number of aryl methyl sites for hydroxylation is 1. The Morgan fingerprint density at radius 3 is 2.67 bits per heavy atom. The lowest BCUT2D eigenvalue weighted by Gasteiger charge is -2.05. The number of methoxy groups -OCH3 is 1. The summed E-state index contributed by atoms with van der Waals surface area (Å²) in [4.78, 5) is 0. The molecule has 12 heavy (non-hydrogen) atoms. The smallest absolute Gasteiger partial charge is 0.155 e. The predicted octanol–water partition coefficient (Wildman–Crippen LogP) is 2.53. The van der Waals surface area contributed by atoms with Gasteiger partial charge < -0.3 is 4.74 Å². The van der Waals surface area contributed by atoms with Gasteiger partial charge in [0.15, 0.2) is 5.75 Å². The molecule has 0 heterocycles. The van der Waals surface area contributed by atoms with Crippen LogP contribution in [0.4, 0.5) is 0 Å². The molecule has 0 N–H and O–H groups in total. The molecule has 0 spiro atoms. The van der Waals surface area contributed by atoms with Crippen molar-refractivity contribution < 1.29 is 4.74 Å². The highest BCUT2D eigenvalue weighted by Gasteiger charge is 2.07. The Bertz CT molecular complexity index is 341. The Morgan fingerprint density at radius 2 is 2.17 bits per heavy atom. The maximum atomic E-state index is 8.71. The first-order chi connectivity index (χ1) is 5.69. The molecule has 3 heteroatoms. The molecule has 62 valence electrons.